The predicted molar refractivity (Wildman–Crippen MR) is 71.1 cm³/mol. The smallest absolute Gasteiger partial charge is 0.222 e. The number of carbonyl (C=O) groups excluding carboxylic acids is 1. The Bertz CT molecular complexity index is 308. The lowest BCUT2D eigenvalue weighted by Crippen LogP contribution is -2.46. The molecule has 3 rings (SSSR count). The van der Waals surface area contributed by atoms with Crippen molar-refractivity contribution in [1.82, 2.24) is 9.80 Å². The molecule has 0 aromatic heterocycles. The van der Waals surface area contributed by atoms with Crippen molar-refractivity contribution in [2.24, 2.45) is 11.7 Å². The van der Waals surface area contributed by atoms with E-state index >= 15 is 0 Å². The number of piperidine rings is 1. The van der Waals surface area contributed by atoms with Crippen LogP contribution in [0.15, 0.2) is 0 Å². The minimum absolute atomic E-state index is 0.397. The monoisotopic (exact) mass is 251 g/mol. The largest absolute Gasteiger partial charge is 0.341 e. The normalized spacial score (nSPS) is 30.9. The van der Waals surface area contributed by atoms with Crippen LogP contribution in [0.2, 0.25) is 0 Å². The molecular weight excluding hydrogens is 226 g/mol. The van der Waals surface area contributed by atoms with Crippen LogP contribution < -0.4 is 5.73 Å². The molecule has 102 valence electrons. The third-order valence-corrected chi connectivity index (χ3v) is 4.77. The van der Waals surface area contributed by atoms with Crippen molar-refractivity contribution in [2.45, 2.75) is 50.6 Å². The van der Waals surface area contributed by atoms with Gasteiger partial charge in [-0.05, 0) is 51.1 Å². The second-order valence-corrected chi connectivity index (χ2v) is 6.30. The van der Waals surface area contributed by atoms with Crippen molar-refractivity contribution in [3.05, 3.63) is 0 Å². The van der Waals surface area contributed by atoms with Crippen molar-refractivity contribution < 1.29 is 4.79 Å². The summed E-state index contributed by atoms with van der Waals surface area (Å²) in [5.74, 6) is 1.11. The second-order valence-electron chi connectivity index (χ2n) is 6.30. The average molecular weight is 251 g/mol. The molecular formula is C14H25N3O. The highest BCUT2D eigenvalue weighted by molar-refractivity contribution is 5.77. The minimum atomic E-state index is 0.397. The van der Waals surface area contributed by atoms with Gasteiger partial charge in [-0.3, -0.25) is 9.69 Å². The van der Waals surface area contributed by atoms with Gasteiger partial charge in [0, 0.05) is 31.6 Å². The Balaban J connectivity index is 1.47. The van der Waals surface area contributed by atoms with Gasteiger partial charge in [-0.25, -0.2) is 0 Å². The zero-order valence-corrected chi connectivity index (χ0v) is 11.2. The Morgan fingerprint density at radius 3 is 2.44 bits per heavy atom. The van der Waals surface area contributed by atoms with E-state index < -0.39 is 0 Å². The van der Waals surface area contributed by atoms with Gasteiger partial charge in [0.2, 0.25) is 5.91 Å². The SMILES string of the molecule is NC1CCN(C2CCN(C(=O)CC3CC3)C2)CC1. The van der Waals surface area contributed by atoms with Crippen LogP contribution in [0.25, 0.3) is 0 Å². The Kier molecular flexibility index (Phi) is 3.57. The van der Waals surface area contributed by atoms with Gasteiger partial charge in [0.15, 0.2) is 0 Å². The van der Waals surface area contributed by atoms with E-state index in [2.05, 4.69) is 9.80 Å². The molecule has 4 heteroatoms. The summed E-state index contributed by atoms with van der Waals surface area (Å²) in [6, 6.07) is 0.996. The third kappa shape index (κ3) is 2.86. The molecule has 2 aliphatic heterocycles. The number of likely N-dealkylation sites (tertiary alicyclic amines) is 2. The second kappa shape index (κ2) is 5.17. The lowest BCUT2D eigenvalue weighted by molar-refractivity contribution is -0.130. The fraction of sp³-hybridized carbons (Fsp3) is 0.929. The highest BCUT2D eigenvalue weighted by atomic mass is 16.2. The zero-order chi connectivity index (χ0) is 12.5. The van der Waals surface area contributed by atoms with Crippen LogP contribution >= 0.6 is 0 Å². The minimum Gasteiger partial charge on any atom is -0.341 e. The topological polar surface area (TPSA) is 49.6 Å². The van der Waals surface area contributed by atoms with Gasteiger partial charge in [0.25, 0.3) is 0 Å². The van der Waals surface area contributed by atoms with E-state index in [1.165, 1.54) is 12.8 Å². The van der Waals surface area contributed by atoms with Gasteiger partial charge in [0.1, 0.15) is 0 Å². The molecule has 0 radical (unpaired) electrons. The van der Waals surface area contributed by atoms with Gasteiger partial charge in [-0.1, -0.05) is 0 Å². The van der Waals surface area contributed by atoms with Crippen molar-refractivity contribution in [3.8, 4) is 0 Å². The lowest BCUT2D eigenvalue weighted by Gasteiger charge is -2.34. The molecule has 1 amide bonds. The third-order valence-electron chi connectivity index (χ3n) is 4.77. The molecule has 18 heavy (non-hydrogen) atoms. The molecule has 2 N–H and O–H groups in total. The molecule has 3 fully saturated rings. The number of hydrogen-bond donors (Lipinski definition) is 1. The molecule has 2 heterocycles. The first-order chi connectivity index (χ1) is 8.72. The maximum absolute atomic E-state index is 12.1. The Labute approximate surface area is 109 Å². The first-order valence-corrected chi connectivity index (χ1v) is 7.50. The summed E-state index contributed by atoms with van der Waals surface area (Å²) in [5.41, 5.74) is 5.94. The highest BCUT2D eigenvalue weighted by Gasteiger charge is 2.34. The van der Waals surface area contributed by atoms with E-state index in [-0.39, 0.29) is 0 Å². The number of nitrogens with zero attached hydrogens (tertiary/aromatic N) is 2. The van der Waals surface area contributed by atoms with Crippen molar-refractivity contribution in [2.75, 3.05) is 26.2 Å². The zero-order valence-electron chi connectivity index (χ0n) is 11.2. The molecule has 0 aromatic rings. The number of hydrogen-bond acceptors (Lipinski definition) is 3. The molecule has 1 unspecified atom stereocenters. The molecule has 2 saturated heterocycles. The maximum atomic E-state index is 12.1. The summed E-state index contributed by atoms with van der Waals surface area (Å²) in [5, 5.41) is 0. The van der Waals surface area contributed by atoms with Crippen molar-refractivity contribution >= 4 is 5.91 Å². The number of amides is 1. The van der Waals surface area contributed by atoms with Gasteiger partial charge in [0.05, 0.1) is 0 Å². The van der Waals surface area contributed by atoms with Crippen LogP contribution in [-0.2, 0) is 4.79 Å². The van der Waals surface area contributed by atoms with E-state index in [9.17, 15) is 4.79 Å². The van der Waals surface area contributed by atoms with E-state index in [0.29, 0.717) is 23.9 Å². The first kappa shape index (κ1) is 12.4. The van der Waals surface area contributed by atoms with Gasteiger partial charge < -0.3 is 10.6 Å². The predicted octanol–water partition coefficient (Wildman–Crippen LogP) is 0.810. The van der Waals surface area contributed by atoms with Crippen LogP contribution in [0.1, 0.15) is 38.5 Å². The molecule has 0 spiro atoms. The standard InChI is InChI=1S/C14H25N3O/c15-12-3-6-16(7-4-12)13-5-8-17(10-13)14(18)9-11-1-2-11/h11-13H,1-10,15H2. The number of carbonyl (C=O) groups is 1. The number of rotatable bonds is 3. The van der Waals surface area contributed by atoms with E-state index in [4.69, 9.17) is 5.73 Å². The quantitative estimate of drug-likeness (QED) is 0.807. The van der Waals surface area contributed by atoms with E-state index in [1.54, 1.807) is 0 Å². The van der Waals surface area contributed by atoms with Crippen LogP contribution in [0.5, 0.6) is 0 Å². The maximum Gasteiger partial charge on any atom is 0.222 e. The summed E-state index contributed by atoms with van der Waals surface area (Å²) >= 11 is 0. The molecule has 0 aromatic carbocycles. The van der Waals surface area contributed by atoms with E-state index in [1.807, 2.05) is 0 Å². The fourth-order valence-electron chi connectivity index (χ4n) is 3.25. The van der Waals surface area contributed by atoms with Crippen molar-refractivity contribution in [1.29, 1.82) is 0 Å². The van der Waals surface area contributed by atoms with E-state index in [0.717, 1.165) is 51.9 Å². The van der Waals surface area contributed by atoms with Crippen LogP contribution in [0, 0.1) is 5.92 Å². The summed E-state index contributed by atoms with van der Waals surface area (Å²) in [4.78, 5) is 16.7. The number of nitrogens with two attached hydrogens (primary N) is 1. The Morgan fingerprint density at radius 1 is 1.06 bits per heavy atom. The van der Waals surface area contributed by atoms with Gasteiger partial charge >= 0.3 is 0 Å². The van der Waals surface area contributed by atoms with Crippen LogP contribution in [-0.4, -0.2) is 54.0 Å². The van der Waals surface area contributed by atoms with Gasteiger partial charge in [-0.2, -0.15) is 0 Å². The Morgan fingerprint density at radius 2 is 1.78 bits per heavy atom. The highest BCUT2D eigenvalue weighted by Crippen LogP contribution is 2.33. The summed E-state index contributed by atoms with van der Waals surface area (Å²) in [6.45, 7) is 4.17. The molecule has 3 aliphatic rings. The van der Waals surface area contributed by atoms with Crippen LogP contribution in [0.3, 0.4) is 0 Å². The Hall–Kier alpha value is -0.610. The van der Waals surface area contributed by atoms with Gasteiger partial charge in [-0.15, -0.1) is 0 Å². The first-order valence-electron chi connectivity index (χ1n) is 7.50. The molecule has 1 aliphatic carbocycles. The summed E-state index contributed by atoms with van der Waals surface area (Å²) < 4.78 is 0. The molecule has 0 bridgehead atoms. The molecule has 1 atom stereocenters. The molecule has 4 nitrogen and oxygen atoms in total. The average Bonchev–Trinajstić information content (AvgIpc) is 3.04. The lowest BCUT2D eigenvalue weighted by atomic mass is 10.0. The van der Waals surface area contributed by atoms with Crippen molar-refractivity contribution in [3.63, 3.8) is 0 Å². The summed E-state index contributed by atoms with van der Waals surface area (Å²) in [6.07, 6.45) is 6.74. The molecule has 1 saturated carbocycles. The fourth-order valence-corrected chi connectivity index (χ4v) is 3.25. The summed E-state index contributed by atoms with van der Waals surface area (Å²) in [7, 11) is 0. The van der Waals surface area contributed by atoms with Crippen LogP contribution in [0.4, 0.5) is 0 Å².